The molecule has 0 amide bonds. The second-order valence-electron chi connectivity index (χ2n) is 11.9. The maximum absolute atomic E-state index is 11.5. The van der Waals surface area contributed by atoms with E-state index in [1.54, 1.807) is 14.2 Å². The monoisotopic (exact) mass is 478 g/mol. The Labute approximate surface area is 213 Å². The molecule has 0 bridgehead atoms. The average Bonchev–Trinajstić information content (AvgIpc) is 3.01. The molecular weight excluding hydrogens is 444 g/mol. The standard InChI is InChI=1S/C33H34O3/c1-31(2)18-33(19-32(31,3)4)25-14-10-9-12-21(25)20-11-7-8-13-22(20)30-24-16-29(36-6)28(35-5)15-23(24)27(34)17-26(30)33/h7-17,34H,18-19H2,1-6H3. The number of phenolic OH excluding ortho intramolecular Hbond substituents is 1. The summed E-state index contributed by atoms with van der Waals surface area (Å²) in [6.45, 7) is 9.60. The van der Waals surface area contributed by atoms with Gasteiger partial charge in [0, 0.05) is 10.8 Å². The Bertz CT molecular complexity index is 1510. The molecule has 4 aromatic carbocycles. The molecule has 0 heterocycles. The highest BCUT2D eigenvalue weighted by atomic mass is 16.5. The van der Waals surface area contributed by atoms with E-state index in [0.29, 0.717) is 11.5 Å². The number of rotatable bonds is 2. The number of benzene rings is 4. The molecule has 1 saturated carbocycles. The van der Waals surface area contributed by atoms with Crippen LogP contribution in [0.25, 0.3) is 33.0 Å². The molecule has 2 aliphatic carbocycles. The van der Waals surface area contributed by atoms with Crippen molar-refractivity contribution >= 4 is 10.8 Å². The van der Waals surface area contributed by atoms with Gasteiger partial charge in [0.1, 0.15) is 5.75 Å². The normalized spacial score (nSPS) is 18.3. The van der Waals surface area contributed by atoms with Crippen LogP contribution in [0.15, 0.2) is 66.7 Å². The van der Waals surface area contributed by atoms with E-state index in [2.05, 4.69) is 76.2 Å². The molecule has 3 nitrogen and oxygen atoms in total. The molecule has 0 saturated heterocycles. The lowest BCUT2D eigenvalue weighted by Gasteiger charge is -2.34. The molecule has 0 unspecified atom stereocenters. The lowest BCUT2D eigenvalue weighted by Crippen LogP contribution is -2.26. The number of ether oxygens (including phenoxy) is 2. The molecule has 1 spiro atoms. The second-order valence-corrected chi connectivity index (χ2v) is 11.9. The van der Waals surface area contributed by atoms with Crippen LogP contribution in [-0.2, 0) is 5.41 Å². The molecule has 1 fully saturated rings. The highest BCUT2D eigenvalue weighted by molar-refractivity contribution is 6.07. The van der Waals surface area contributed by atoms with E-state index in [0.717, 1.165) is 23.6 Å². The third-order valence-corrected chi connectivity index (χ3v) is 9.38. The van der Waals surface area contributed by atoms with E-state index in [-0.39, 0.29) is 22.0 Å². The first-order chi connectivity index (χ1) is 17.1. The number of methoxy groups -OCH3 is 2. The summed E-state index contributed by atoms with van der Waals surface area (Å²) in [6, 6.07) is 23.6. The Balaban J connectivity index is 1.84. The topological polar surface area (TPSA) is 38.7 Å². The fourth-order valence-electron chi connectivity index (χ4n) is 7.04. The van der Waals surface area contributed by atoms with Gasteiger partial charge in [-0.05, 0) is 80.6 Å². The van der Waals surface area contributed by atoms with Gasteiger partial charge < -0.3 is 14.6 Å². The van der Waals surface area contributed by atoms with Crippen LogP contribution in [0.5, 0.6) is 17.2 Å². The molecule has 0 radical (unpaired) electrons. The van der Waals surface area contributed by atoms with Gasteiger partial charge in [-0.25, -0.2) is 0 Å². The number of phenols is 1. The summed E-state index contributed by atoms with van der Waals surface area (Å²) in [5, 5.41) is 13.3. The van der Waals surface area contributed by atoms with E-state index in [1.165, 1.54) is 33.4 Å². The summed E-state index contributed by atoms with van der Waals surface area (Å²) >= 11 is 0. The molecule has 0 atom stereocenters. The summed E-state index contributed by atoms with van der Waals surface area (Å²) < 4.78 is 11.3. The van der Waals surface area contributed by atoms with Gasteiger partial charge in [0.25, 0.3) is 0 Å². The zero-order valence-corrected chi connectivity index (χ0v) is 22.0. The van der Waals surface area contributed by atoms with Crippen LogP contribution < -0.4 is 9.47 Å². The number of hydrogen-bond donors (Lipinski definition) is 1. The fourth-order valence-corrected chi connectivity index (χ4v) is 7.04. The second kappa shape index (κ2) is 7.52. The Morgan fingerprint density at radius 3 is 1.78 bits per heavy atom. The van der Waals surface area contributed by atoms with Crippen LogP contribution in [-0.4, -0.2) is 19.3 Å². The van der Waals surface area contributed by atoms with E-state index >= 15 is 0 Å². The van der Waals surface area contributed by atoms with Crippen molar-refractivity contribution in [3.8, 4) is 39.5 Å². The number of fused-ring (bicyclic) bond motifs is 9. The van der Waals surface area contributed by atoms with Crippen LogP contribution in [0.2, 0.25) is 0 Å². The molecular formula is C33H34O3. The van der Waals surface area contributed by atoms with E-state index in [1.807, 2.05) is 18.2 Å². The molecule has 4 aromatic rings. The third kappa shape index (κ3) is 2.92. The molecule has 3 heteroatoms. The molecule has 36 heavy (non-hydrogen) atoms. The van der Waals surface area contributed by atoms with Crippen molar-refractivity contribution < 1.29 is 14.6 Å². The highest BCUT2D eigenvalue weighted by Gasteiger charge is 2.57. The highest BCUT2D eigenvalue weighted by Crippen LogP contribution is 2.67. The fraction of sp³-hybridized carbons (Fsp3) is 0.333. The van der Waals surface area contributed by atoms with Crippen LogP contribution >= 0.6 is 0 Å². The molecule has 0 aliphatic heterocycles. The maximum Gasteiger partial charge on any atom is 0.161 e. The molecule has 2 aliphatic rings. The predicted molar refractivity (Wildman–Crippen MR) is 147 cm³/mol. The Morgan fingerprint density at radius 2 is 1.17 bits per heavy atom. The van der Waals surface area contributed by atoms with Crippen molar-refractivity contribution in [1.29, 1.82) is 0 Å². The van der Waals surface area contributed by atoms with Gasteiger partial charge in [-0.15, -0.1) is 0 Å². The summed E-state index contributed by atoms with van der Waals surface area (Å²) in [5.41, 5.74) is 7.43. The summed E-state index contributed by atoms with van der Waals surface area (Å²) in [6.07, 6.45) is 2.01. The lowest BCUT2D eigenvalue weighted by atomic mass is 9.68. The van der Waals surface area contributed by atoms with E-state index < -0.39 is 0 Å². The summed E-state index contributed by atoms with van der Waals surface area (Å²) in [7, 11) is 3.30. The van der Waals surface area contributed by atoms with Crippen LogP contribution in [0.4, 0.5) is 0 Å². The van der Waals surface area contributed by atoms with Gasteiger partial charge in [0.05, 0.1) is 14.2 Å². The molecule has 0 aromatic heterocycles. The number of hydrogen-bond acceptors (Lipinski definition) is 3. The average molecular weight is 479 g/mol. The van der Waals surface area contributed by atoms with Crippen molar-refractivity contribution in [3.05, 3.63) is 77.9 Å². The lowest BCUT2D eigenvalue weighted by molar-refractivity contribution is 0.157. The largest absolute Gasteiger partial charge is 0.507 e. The molecule has 6 rings (SSSR count). The maximum atomic E-state index is 11.5. The van der Waals surface area contributed by atoms with Crippen molar-refractivity contribution in [2.45, 2.75) is 46.0 Å². The van der Waals surface area contributed by atoms with E-state index in [4.69, 9.17) is 9.47 Å². The van der Waals surface area contributed by atoms with Crippen molar-refractivity contribution in [2.24, 2.45) is 10.8 Å². The Morgan fingerprint density at radius 1 is 0.639 bits per heavy atom. The zero-order chi connectivity index (χ0) is 25.5. The zero-order valence-electron chi connectivity index (χ0n) is 22.0. The molecule has 184 valence electrons. The van der Waals surface area contributed by atoms with Gasteiger partial charge in [-0.2, -0.15) is 0 Å². The van der Waals surface area contributed by atoms with Gasteiger partial charge in [0.2, 0.25) is 0 Å². The van der Waals surface area contributed by atoms with Crippen LogP contribution in [0.3, 0.4) is 0 Å². The van der Waals surface area contributed by atoms with E-state index in [9.17, 15) is 5.11 Å². The first-order valence-electron chi connectivity index (χ1n) is 12.7. The summed E-state index contributed by atoms with van der Waals surface area (Å²) in [4.78, 5) is 0. The van der Waals surface area contributed by atoms with Crippen LogP contribution in [0.1, 0.15) is 51.7 Å². The van der Waals surface area contributed by atoms with Gasteiger partial charge in [0.15, 0.2) is 11.5 Å². The summed E-state index contributed by atoms with van der Waals surface area (Å²) in [5.74, 6) is 1.56. The minimum atomic E-state index is -0.239. The van der Waals surface area contributed by atoms with Crippen LogP contribution in [0, 0.1) is 10.8 Å². The van der Waals surface area contributed by atoms with Crippen molar-refractivity contribution in [1.82, 2.24) is 0 Å². The first-order valence-corrected chi connectivity index (χ1v) is 12.7. The Hall–Kier alpha value is -3.46. The smallest absolute Gasteiger partial charge is 0.161 e. The minimum Gasteiger partial charge on any atom is -0.507 e. The van der Waals surface area contributed by atoms with Gasteiger partial charge in [-0.3, -0.25) is 0 Å². The number of aromatic hydroxyl groups is 1. The van der Waals surface area contributed by atoms with Crippen molar-refractivity contribution in [3.63, 3.8) is 0 Å². The minimum absolute atomic E-state index is 0.107. The van der Waals surface area contributed by atoms with Crippen molar-refractivity contribution in [2.75, 3.05) is 14.2 Å². The SMILES string of the molecule is COc1cc2c(O)cc3c(c2cc1OC)-c1ccccc1-c1ccccc1C31CC(C)(C)C(C)(C)C1. The quantitative estimate of drug-likeness (QED) is 0.315. The third-order valence-electron chi connectivity index (χ3n) is 9.38. The Kier molecular flexibility index (Phi) is 4.80. The van der Waals surface area contributed by atoms with Gasteiger partial charge in [-0.1, -0.05) is 76.2 Å². The predicted octanol–water partition coefficient (Wildman–Crippen LogP) is 8.34. The first kappa shape index (κ1) is 23.0. The molecule has 1 N–H and O–H groups in total. The van der Waals surface area contributed by atoms with Gasteiger partial charge >= 0.3 is 0 Å².